The fourth-order valence-corrected chi connectivity index (χ4v) is 1.16. The van der Waals surface area contributed by atoms with Crippen LogP contribution in [0, 0.1) is 11.8 Å². The summed E-state index contributed by atoms with van der Waals surface area (Å²) in [7, 11) is 0. The Hall–Kier alpha value is -1.75. The molecule has 2 aromatic heterocycles. The molecule has 0 unspecified atom stereocenters. The van der Waals surface area contributed by atoms with Gasteiger partial charge in [-0.25, -0.2) is 4.98 Å². The predicted molar refractivity (Wildman–Crippen MR) is 48.6 cm³/mol. The number of H-pyrrole nitrogens is 1. The molecule has 1 N–H and O–H groups in total. The summed E-state index contributed by atoms with van der Waals surface area (Å²) in [4.78, 5) is 7.27. The first-order valence-electron chi connectivity index (χ1n) is 3.76. The van der Waals surface area contributed by atoms with Crippen molar-refractivity contribution < 1.29 is 0 Å². The van der Waals surface area contributed by atoms with Crippen molar-refractivity contribution in [3.05, 3.63) is 30.1 Å². The molecule has 0 atom stereocenters. The molecule has 0 spiro atoms. The highest BCUT2D eigenvalue weighted by Crippen LogP contribution is 2.10. The van der Waals surface area contributed by atoms with Gasteiger partial charge in [-0.15, -0.1) is 0 Å². The van der Waals surface area contributed by atoms with Gasteiger partial charge in [-0.3, -0.25) is 0 Å². The van der Waals surface area contributed by atoms with Crippen molar-refractivity contribution in [2.24, 2.45) is 0 Å². The Labute approximate surface area is 70.6 Å². The highest BCUT2D eigenvalue weighted by Gasteiger charge is 1.96. The van der Waals surface area contributed by atoms with Gasteiger partial charge >= 0.3 is 0 Å². The van der Waals surface area contributed by atoms with Crippen LogP contribution in [0.3, 0.4) is 0 Å². The molecule has 0 saturated carbocycles. The molecule has 2 heterocycles. The minimum absolute atomic E-state index is 0.898. The number of nitrogens with zero attached hydrogens (tertiary/aromatic N) is 1. The van der Waals surface area contributed by atoms with Crippen LogP contribution in [-0.2, 0) is 0 Å². The topological polar surface area (TPSA) is 28.7 Å². The van der Waals surface area contributed by atoms with Crippen LogP contribution in [0.1, 0.15) is 12.6 Å². The van der Waals surface area contributed by atoms with Crippen LogP contribution < -0.4 is 0 Å². The lowest BCUT2D eigenvalue weighted by atomic mass is 10.3. The molecule has 0 bridgehead atoms. The standard InChI is InChI=1S/C10H8N2/c1-2-4-9-7-8-5-3-6-11-10(8)12-9/h3,5-7H,1H3,(H,11,12). The van der Waals surface area contributed by atoms with E-state index in [0.717, 1.165) is 16.7 Å². The van der Waals surface area contributed by atoms with Gasteiger partial charge in [0.1, 0.15) is 5.65 Å². The van der Waals surface area contributed by atoms with Crippen molar-refractivity contribution in [3.63, 3.8) is 0 Å². The van der Waals surface area contributed by atoms with Crippen molar-refractivity contribution in [1.29, 1.82) is 0 Å². The first-order chi connectivity index (χ1) is 5.90. The Kier molecular flexibility index (Phi) is 1.56. The number of hydrogen-bond acceptors (Lipinski definition) is 1. The SMILES string of the molecule is CC#Cc1cc2cccnc2[nH]1. The molecule has 0 aliphatic rings. The molecule has 0 amide bonds. The minimum atomic E-state index is 0.898. The van der Waals surface area contributed by atoms with Gasteiger partial charge in [-0.05, 0) is 31.0 Å². The zero-order valence-corrected chi connectivity index (χ0v) is 6.76. The summed E-state index contributed by atoms with van der Waals surface area (Å²) in [6.07, 6.45) is 1.77. The van der Waals surface area contributed by atoms with E-state index in [4.69, 9.17) is 0 Å². The Bertz CT molecular complexity index is 424. The van der Waals surface area contributed by atoms with Gasteiger partial charge < -0.3 is 4.98 Å². The summed E-state index contributed by atoms with van der Waals surface area (Å²) < 4.78 is 0. The van der Waals surface area contributed by atoms with Gasteiger partial charge in [0.15, 0.2) is 0 Å². The molecule has 2 aromatic rings. The quantitative estimate of drug-likeness (QED) is 0.580. The molecule has 2 heteroatoms. The molecule has 0 aromatic carbocycles. The predicted octanol–water partition coefficient (Wildman–Crippen LogP) is 1.93. The maximum Gasteiger partial charge on any atom is 0.138 e. The average Bonchev–Trinajstić information content (AvgIpc) is 2.47. The van der Waals surface area contributed by atoms with E-state index in [0.29, 0.717) is 0 Å². The third-order valence-electron chi connectivity index (χ3n) is 1.65. The summed E-state index contributed by atoms with van der Waals surface area (Å²) in [5, 5.41) is 1.11. The molecule has 0 radical (unpaired) electrons. The van der Waals surface area contributed by atoms with Gasteiger partial charge in [0, 0.05) is 11.6 Å². The van der Waals surface area contributed by atoms with E-state index in [2.05, 4.69) is 21.8 Å². The molecule has 58 valence electrons. The molecule has 0 saturated heterocycles. The third kappa shape index (κ3) is 1.06. The van der Waals surface area contributed by atoms with E-state index in [1.165, 1.54) is 0 Å². The zero-order valence-electron chi connectivity index (χ0n) is 6.76. The largest absolute Gasteiger partial charge is 0.333 e. The third-order valence-corrected chi connectivity index (χ3v) is 1.65. The second-order valence-electron chi connectivity index (χ2n) is 2.50. The van der Waals surface area contributed by atoms with Gasteiger partial charge in [-0.2, -0.15) is 0 Å². The summed E-state index contributed by atoms with van der Waals surface area (Å²) in [5.74, 6) is 5.79. The number of aromatic nitrogens is 2. The van der Waals surface area contributed by atoms with Gasteiger partial charge in [0.2, 0.25) is 0 Å². The van der Waals surface area contributed by atoms with Crippen LogP contribution in [0.25, 0.3) is 11.0 Å². The lowest BCUT2D eigenvalue weighted by molar-refractivity contribution is 1.31. The van der Waals surface area contributed by atoms with E-state index in [1.54, 1.807) is 6.20 Å². The number of fused-ring (bicyclic) bond motifs is 1. The Morgan fingerprint density at radius 1 is 1.50 bits per heavy atom. The van der Waals surface area contributed by atoms with E-state index < -0.39 is 0 Å². The van der Waals surface area contributed by atoms with E-state index in [9.17, 15) is 0 Å². The second-order valence-corrected chi connectivity index (χ2v) is 2.50. The van der Waals surface area contributed by atoms with E-state index in [1.807, 2.05) is 25.1 Å². The Balaban J connectivity index is 2.67. The fourth-order valence-electron chi connectivity index (χ4n) is 1.16. The lowest BCUT2D eigenvalue weighted by Crippen LogP contribution is -1.73. The normalized spacial score (nSPS) is 9.42. The summed E-state index contributed by atoms with van der Waals surface area (Å²) >= 11 is 0. The van der Waals surface area contributed by atoms with E-state index in [-0.39, 0.29) is 0 Å². The molecule has 0 aliphatic heterocycles. The lowest BCUT2D eigenvalue weighted by Gasteiger charge is -1.82. The van der Waals surface area contributed by atoms with Crippen LogP contribution in [0.4, 0.5) is 0 Å². The van der Waals surface area contributed by atoms with Crippen molar-refractivity contribution in [3.8, 4) is 11.8 Å². The maximum absolute atomic E-state index is 4.16. The number of hydrogen-bond donors (Lipinski definition) is 1. The van der Waals surface area contributed by atoms with Gasteiger partial charge in [0.25, 0.3) is 0 Å². The Morgan fingerprint density at radius 3 is 3.17 bits per heavy atom. The van der Waals surface area contributed by atoms with Crippen molar-refractivity contribution in [1.82, 2.24) is 9.97 Å². The smallest absolute Gasteiger partial charge is 0.138 e. The van der Waals surface area contributed by atoms with Gasteiger partial charge in [0.05, 0.1) is 5.69 Å². The summed E-state index contributed by atoms with van der Waals surface area (Å²) in [6, 6.07) is 5.93. The fraction of sp³-hybridized carbons (Fsp3) is 0.100. The van der Waals surface area contributed by atoms with Crippen molar-refractivity contribution in [2.45, 2.75) is 6.92 Å². The van der Waals surface area contributed by atoms with Crippen LogP contribution in [-0.4, -0.2) is 9.97 Å². The van der Waals surface area contributed by atoms with Gasteiger partial charge in [-0.1, -0.05) is 5.92 Å². The van der Waals surface area contributed by atoms with Crippen LogP contribution in [0.15, 0.2) is 24.4 Å². The van der Waals surface area contributed by atoms with Crippen LogP contribution >= 0.6 is 0 Å². The zero-order chi connectivity index (χ0) is 8.39. The minimum Gasteiger partial charge on any atom is -0.333 e. The summed E-state index contributed by atoms with van der Waals surface area (Å²) in [5.41, 5.74) is 1.82. The molecular weight excluding hydrogens is 148 g/mol. The number of pyridine rings is 1. The first-order valence-corrected chi connectivity index (χ1v) is 3.76. The van der Waals surface area contributed by atoms with Crippen LogP contribution in [0.5, 0.6) is 0 Å². The average molecular weight is 156 g/mol. The molecule has 0 fully saturated rings. The monoisotopic (exact) mass is 156 g/mol. The van der Waals surface area contributed by atoms with E-state index >= 15 is 0 Å². The highest BCUT2D eigenvalue weighted by molar-refractivity contribution is 5.77. The molecule has 2 rings (SSSR count). The maximum atomic E-state index is 4.16. The second kappa shape index (κ2) is 2.71. The highest BCUT2D eigenvalue weighted by atomic mass is 14.8. The number of nitrogens with one attached hydrogen (secondary N) is 1. The number of aromatic amines is 1. The summed E-state index contributed by atoms with van der Waals surface area (Å²) in [6.45, 7) is 1.82. The Morgan fingerprint density at radius 2 is 2.42 bits per heavy atom. The van der Waals surface area contributed by atoms with Crippen LogP contribution in [0.2, 0.25) is 0 Å². The van der Waals surface area contributed by atoms with Crippen molar-refractivity contribution >= 4 is 11.0 Å². The first kappa shape index (κ1) is 6.93. The molecule has 0 aliphatic carbocycles. The molecular formula is C10H8N2. The number of rotatable bonds is 0. The molecule has 12 heavy (non-hydrogen) atoms. The molecule has 2 nitrogen and oxygen atoms in total. The van der Waals surface area contributed by atoms with Crippen molar-refractivity contribution in [2.75, 3.05) is 0 Å².